The second kappa shape index (κ2) is 7.78. The highest BCUT2D eigenvalue weighted by Crippen LogP contribution is 2.38. The fourth-order valence-electron chi connectivity index (χ4n) is 2.71. The molecule has 0 saturated heterocycles. The van der Waals surface area contributed by atoms with Crippen molar-refractivity contribution in [3.63, 3.8) is 0 Å². The van der Waals surface area contributed by atoms with Crippen LogP contribution < -0.4 is 16.4 Å². The van der Waals surface area contributed by atoms with Gasteiger partial charge in [0.05, 0.1) is 5.41 Å². The van der Waals surface area contributed by atoms with Gasteiger partial charge in [-0.3, -0.25) is 9.59 Å². The molecule has 0 radical (unpaired) electrons. The lowest BCUT2D eigenvalue weighted by Gasteiger charge is -2.37. The molecular formula is C16H31N3O2. The standard InChI is InChI=1S/C16H31N3O2/c1-11(2)9-18-14(20)13(4)19-15(21)16(10-17)7-5-12(3)6-8-16/h11-13H,5-10,17H2,1-4H3,(H,18,20)(H,19,21). The molecule has 21 heavy (non-hydrogen) atoms. The van der Waals surface area contributed by atoms with Crippen LogP contribution in [-0.2, 0) is 9.59 Å². The number of nitrogens with one attached hydrogen (secondary N) is 2. The van der Waals surface area contributed by atoms with Crippen LogP contribution in [0.1, 0.15) is 53.4 Å². The monoisotopic (exact) mass is 297 g/mol. The molecule has 0 spiro atoms. The number of hydrogen-bond acceptors (Lipinski definition) is 3. The maximum absolute atomic E-state index is 12.5. The summed E-state index contributed by atoms with van der Waals surface area (Å²) in [6, 6.07) is -0.515. The lowest BCUT2D eigenvalue weighted by atomic mass is 9.70. The third-order valence-electron chi connectivity index (χ3n) is 4.53. The quantitative estimate of drug-likeness (QED) is 0.693. The van der Waals surface area contributed by atoms with E-state index in [4.69, 9.17) is 5.73 Å². The number of amides is 2. The normalized spacial score (nSPS) is 27.2. The summed E-state index contributed by atoms with van der Waals surface area (Å²) >= 11 is 0. The Balaban J connectivity index is 2.55. The molecule has 1 aliphatic rings. The Morgan fingerprint density at radius 2 is 1.81 bits per heavy atom. The van der Waals surface area contributed by atoms with E-state index in [0.29, 0.717) is 24.9 Å². The highest BCUT2D eigenvalue weighted by Gasteiger charge is 2.40. The zero-order valence-corrected chi connectivity index (χ0v) is 13.9. The summed E-state index contributed by atoms with van der Waals surface area (Å²) in [6.07, 6.45) is 3.69. The summed E-state index contributed by atoms with van der Waals surface area (Å²) < 4.78 is 0. The summed E-state index contributed by atoms with van der Waals surface area (Å²) in [5.74, 6) is 0.855. The molecule has 5 heteroatoms. The lowest BCUT2D eigenvalue weighted by molar-refractivity contribution is -0.136. The molecule has 0 aromatic rings. The molecular weight excluding hydrogens is 266 g/mol. The van der Waals surface area contributed by atoms with E-state index >= 15 is 0 Å². The number of carbonyl (C=O) groups excluding carboxylic acids is 2. The van der Waals surface area contributed by atoms with Gasteiger partial charge in [0, 0.05) is 13.1 Å². The van der Waals surface area contributed by atoms with E-state index in [0.717, 1.165) is 25.7 Å². The van der Waals surface area contributed by atoms with E-state index in [9.17, 15) is 9.59 Å². The first-order chi connectivity index (χ1) is 9.80. The van der Waals surface area contributed by atoms with Crippen LogP contribution in [0.3, 0.4) is 0 Å². The first kappa shape index (κ1) is 18.0. The Bertz CT molecular complexity index is 361. The van der Waals surface area contributed by atoms with E-state index in [2.05, 4.69) is 17.6 Å². The molecule has 0 heterocycles. The van der Waals surface area contributed by atoms with Gasteiger partial charge in [-0.2, -0.15) is 0 Å². The van der Waals surface area contributed by atoms with Crippen LogP contribution in [0.2, 0.25) is 0 Å². The van der Waals surface area contributed by atoms with Crippen molar-refractivity contribution >= 4 is 11.8 Å². The van der Waals surface area contributed by atoms with Gasteiger partial charge in [-0.25, -0.2) is 0 Å². The molecule has 0 aromatic heterocycles. The van der Waals surface area contributed by atoms with Crippen molar-refractivity contribution in [3.8, 4) is 0 Å². The predicted molar refractivity (Wildman–Crippen MR) is 84.6 cm³/mol. The third kappa shape index (κ3) is 4.99. The molecule has 1 saturated carbocycles. The molecule has 0 bridgehead atoms. The molecule has 1 aliphatic carbocycles. The Labute approximate surface area is 128 Å². The van der Waals surface area contributed by atoms with Crippen LogP contribution in [-0.4, -0.2) is 30.9 Å². The van der Waals surface area contributed by atoms with Crippen molar-refractivity contribution in [2.75, 3.05) is 13.1 Å². The minimum Gasteiger partial charge on any atom is -0.354 e. The summed E-state index contributed by atoms with van der Waals surface area (Å²) in [6.45, 7) is 8.99. The van der Waals surface area contributed by atoms with Crippen LogP contribution in [0.15, 0.2) is 0 Å². The van der Waals surface area contributed by atoms with Gasteiger partial charge in [0.25, 0.3) is 0 Å². The maximum atomic E-state index is 12.5. The van der Waals surface area contributed by atoms with Crippen molar-refractivity contribution < 1.29 is 9.59 Å². The van der Waals surface area contributed by atoms with Crippen LogP contribution in [0.4, 0.5) is 0 Å². The molecule has 4 N–H and O–H groups in total. The van der Waals surface area contributed by atoms with Crippen LogP contribution in [0, 0.1) is 17.3 Å². The molecule has 0 aliphatic heterocycles. The molecule has 1 atom stereocenters. The summed E-state index contributed by atoms with van der Waals surface area (Å²) in [5, 5.41) is 5.69. The Hall–Kier alpha value is -1.10. The zero-order chi connectivity index (χ0) is 16.0. The molecule has 122 valence electrons. The third-order valence-corrected chi connectivity index (χ3v) is 4.53. The summed E-state index contributed by atoms with van der Waals surface area (Å²) in [5.41, 5.74) is 5.39. The average molecular weight is 297 g/mol. The van der Waals surface area contributed by atoms with E-state index in [1.54, 1.807) is 6.92 Å². The minimum atomic E-state index is -0.515. The Kier molecular flexibility index (Phi) is 6.65. The summed E-state index contributed by atoms with van der Waals surface area (Å²) in [4.78, 5) is 24.5. The number of hydrogen-bond donors (Lipinski definition) is 3. The molecule has 1 rings (SSSR count). The fourth-order valence-corrected chi connectivity index (χ4v) is 2.71. The lowest BCUT2D eigenvalue weighted by Crippen LogP contribution is -2.53. The van der Waals surface area contributed by atoms with E-state index in [-0.39, 0.29) is 11.8 Å². The van der Waals surface area contributed by atoms with E-state index in [1.807, 2.05) is 13.8 Å². The number of nitrogens with two attached hydrogens (primary N) is 1. The average Bonchev–Trinajstić information content (AvgIpc) is 2.45. The largest absolute Gasteiger partial charge is 0.354 e. The molecule has 1 fully saturated rings. The smallest absolute Gasteiger partial charge is 0.242 e. The van der Waals surface area contributed by atoms with Crippen molar-refractivity contribution in [2.24, 2.45) is 23.0 Å². The first-order valence-corrected chi connectivity index (χ1v) is 8.09. The minimum absolute atomic E-state index is 0.0657. The van der Waals surface area contributed by atoms with Crippen molar-refractivity contribution in [1.82, 2.24) is 10.6 Å². The highest BCUT2D eigenvalue weighted by atomic mass is 16.2. The van der Waals surface area contributed by atoms with Crippen LogP contribution in [0.25, 0.3) is 0 Å². The maximum Gasteiger partial charge on any atom is 0.242 e. The number of rotatable bonds is 6. The van der Waals surface area contributed by atoms with Gasteiger partial charge in [0.15, 0.2) is 0 Å². The van der Waals surface area contributed by atoms with Gasteiger partial charge < -0.3 is 16.4 Å². The van der Waals surface area contributed by atoms with Gasteiger partial charge in [0.2, 0.25) is 11.8 Å². The molecule has 5 nitrogen and oxygen atoms in total. The topological polar surface area (TPSA) is 84.2 Å². The van der Waals surface area contributed by atoms with Gasteiger partial charge >= 0.3 is 0 Å². The molecule has 2 amide bonds. The molecule has 0 aromatic carbocycles. The van der Waals surface area contributed by atoms with Gasteiger partial charge in [-0.15, -0.1) is 0 Å². The molecule has 1 unspecified atom stereocenters. The summed E-state index contributed by atoms with van der Waals surface area (Å²) in [7, 11) is 0. The first-order valence-electron chi connectivity index (χ1n) is 8.09. The zero-order valence-electron chi connectivity index (χ0n) is 13.9. The fraction of sp³-hybridized carbons (Fsp3) is 0.875. The van der Waals surface area contributed by atoms with Crippen molar-refractivity contribution in [3.05, 3.63) is 0 Å². The van der Waals surface area contributed by atoms with E-state index < -0.39 is 11.5 Å². The second-order valence-corrected chi connectivity index (χ2v) is 7.00. The van der Waals surface area contributed by atoms with Crippen LogP contribution >= 0.6 is 0 Å². The van der Waals surface area contributed by atoms with Crippen molar-refractivity contribution in [2.45, 2.75) is 59.4 Å². The Morgan fingerprint density at radius 3 is 2.29 bits per heavy atom. The SMILES string of the molecule is CC(C)CNC(=O)C(C)NC(=O)C1(CN)CCC(C)CC1. The van der Waals surface area contributed by atoms with E-state index in [1.165, 1.54) is 0 Å². The Morgan fingerprint density at radius 1 is 1.24 bits per heavy atom. The highest BCUT2D eigenvalue weighted by molar-refractivity contribution is 5.90. The van der Waals surface area contributed by atoms with Gasteiger partial charge in [0.1, 0.15) is 6.04 Å². The number of carbonyl (C=O) groups is 2. The predicted octanol–water partition coefficient (Wildman–Crippen LogP) is 1.42. The van der Waals surface area contributed by atoms with Gasteiger partial charge in [-0.1, -0.05) is 20.8 Å². The van der Waals surface area contributed by atoms with Crippen LogP contribution in [0.5, 0.6) is 0 Å². The second-order valence-electron chi connectivity index (χ2n) is 7.00. The van der Waals surface area contributed by atoms with Crippen molar-refractivity contribution in [1.29, 1.82) is 0 Å². The van der Waals surface area contributed by atoms with Gasteiger partial charge in [-0.05, 0) is 44.4 Å².